The van der Waals surface area contributed by atoms with E-state index in [2.05, 4.69) is 15.6 Å². The van der Waals surface area contributed by atoms with E-state index in [0.717, 1.165) is 0 Å². The molecule has 0 saturated heterocycles. The second kappa shape index (κ2) is 8.73. The minimum absolute atomic E-state index is 0.176. The Morgan fingerprint density at radius 1 is 0.969 bits per heavy atom. The predicted molar refractivity (Wildman–Crippen MR) is 121 cm³/mol. The van der Waals surface area contributed by atoms with Gasteiger partial charge in [-0.3, -0.25) is 14.4 Å². The lowest BCUT2D eigenvalue weighted by atomic mass is 10.1. The summed E-state index contributed by atoms with van der Waals surface area (Å²) in [6.07, 6.45) is 1.45. The van der Waals surface area contributed by atoms with E-state index in [1.165, 1.54) is 32.4 Å². The van der Waals surface area contributed by atoms with Crippen LogP contribution >= 0.6 is 0 Å². The molecule has 0 saturated carbocycles. The van der Waals surface area contributed by atoms with E-state index in [-0.39, 0.29) is 17.2 Å². The van der Waals surface area contributed by atoms with Gasteiger partial charge in [0.1, 0.15) is 22.9 Å². The molecule has 0 radical (unpaired) electrons. The molecule has 0 aliphatic heterocycles. The van der Waals surface area contributed by atoms with Crippen molar-refractivity contribution in [1.82, 2.24) is 4.98 Å². The van der Waals surface area contributed by atoms with Gasteiger partial charge >= 0.3 is 0 Å². The van der Waals surface area contributed by atoms with Crippen molar-refractivity contribution in [2.75, 3.05) is 17.7 Å². The van der Waals surface area contributed by atoms with Crippen molar-refractivity contribution in [3.8, 4) is 17.1 Å². The Morgan fingerprint density at radius 3 is 2.47 bits per heavy atom. The van der Waals surface area contributed by atoms with Crippen molar-refractivity contribution in [2.24, 2.45) is 0 Å². The lowest BCUT2D eigenvalue weighted by Gasteiger charge is -2.08. The highest BCUT2D eigenvalue weighted by Gasteiger charge is 2.11. The molecule has 4 rings (SSSR count). The third kappa shape index (κ3) is 4.49. The zero-order valence-electron chi connectivity index (χ0n) is 17.3. The van der Waals surface area contributed by atoms with Crippen molar-refractivity contribution in [3.05, 3.63) is 82.6 Å². The molecule has 0 aliphatic rings. The monoisotopic (exact) mass is 429 g/mol. The molecule has 8 nitrogen and oxygen atoms in total. The third-order valence-corrected chi connectivity index (χ3v) is 4.69. The number of amides is 2. The van der Waals surface area contributed by atoms with Gasteiger partial charge in [-0.15, -0.1) is 0 Å². The Hall–Kier alpha value is -4.46. The first-order valence-electron chi connectivity index (χ1n) is 9.70. The summed E-state index contributed by atoms with van der Waals surface area (Å²) in [6, 6.07) is 16.4. The number of hydrogen-bond donors (Lipinski definition) is 2. The SMILES string of the molecule is COc1ccc2oc(-c3ccc(NC(=O)c4ccnc(NC(C)=O)c4)cc3)cc(=O)c2c1. The number of ether oxygens (including phenoxy) is 1. The van der Waals surface area contributed by atoms with Gasteiger partial charge in [0.2, 0.25) is 5.91 Å². The number of aromatic nitrogens is 1. The molecule has 2 heterocycles. The minimum atomic E-state index is -0.349. The molecule has 0 spiro atoms. The van der Waals surface area contributed by atoms with Crippen LogP contribution in [0.25, 0.3) is 22.3 Å². The molecule has 8 heteroatoms. The molecular formula is C24H19N3O5. The van der Waals surface area contributed by atoms with Gasteiger partial charge in [0.15, 0.2) is 5.43 Å². The lowest BCUT2D eigenvalue weighted by Crippen LogP contribution is -2.13. The number of methoxy groups -OCH3 is 1. The Balaban J connectivity index is 1.54. The van der Waals surface area contributed by atoms with Crippen LogP contribution in [0.3, 0.4) is 0 Å². The highest BCUT2D eigenvalue weighted by atomic mass is 16.5. The first-order valence-corrected chi connectivity index (χ1v) is 9.70. The Labute approximate surface area is 182 Å². The van der Waals surface area contributed by atoms with E-state index in [9.17, 15) is 14.4 Å². The van der Waals surface area contributed by atoms with Crippen LogP contribution in [-0.2, 0) is 4.79 Å². The summed E-state index contributed by atoms with van der Waals surface area (Å²) in [5.41, 5.74) is 1.88. The maximum Gasteiger partial charge on any atom is 0.255 e. The molecule has 2 N–H and O–H groups in total. The number of pyridine rings is 1. The highest BCUT2D eigenvalue weighted by Crippen LogP contribution is 2.25. The number of nitrogens with one attached hydrogen (secondary N) is 2. The summed E-state index contributed by atoms with van der Waals surface area (Å²) in [7, 11) is 1.54. The second-order valence-corrected chi connectivity index (χ2v) is 6.98. The van der Waals surface area contributed by atoms with E-state index in [1.807, 2.05) is 0 Å². The number of fused-ring (bicyclic) bond motifs is 1. The molecule has 0 unspecified atom stereocenters. The zero-order valence-corrected chi connectivity index (χ0v) is 17.3. The van der Waals surface area contributed by atoms with Gasteiger partial charge in [-0.25, -0.2) is 4.98 Å². The van der Waals surface area contributed by atoms with Crippen molar-refractivity contribution < 1.29 is 18.7 Å². The van der Waals surface area contributed by atoms with Crippen molar-refractivity contribution in [3.63, 3.8) is 0 Å². The van der Waals surface area contributed by atoms with Crippen molar-refractivity contribution >= 4 is 34.3 Å². The Bertz CT molecular complexity index is 1380. The number of rotatable bonds is 5. The molecule has 0 fully saturated rings. The number of carbonyl (C=O) groups excluding carboxylic acids is 2. The molecule has 2 aromatic heterocycles. The van der Waals surface area contributed by atoms with Gasteiger partial charge in [-0.1, -0.05) is 0 Å². The number of carbonyl (C=O) groups is 2. The van der Waals surface area contributed by atoms with E-state index in [4.69, 9.17) is 9.15 Å². The van der Waals surface area contributed by atoms with E-state index in [0.29, 0.717) is 45.1 Å². The van der Waals surface area contributed by atoms with E-state index >= 15 is 0 Å². The second-order valence-electron chi connectivity index (χ2n) is 6.98. The molecule has 160 valence electrons. The van der Waals surface area contributed by atoms with Crippen LogP contribution in [0.15, 0.2) is 76.1 Å². The first-order chi connectivity index (χ1) is 15.4. The van der Waals surface area contributed by atoms with Crippen LogP contribution in [0.2, 0.25) is 0 Å². The maximum absolute atomic E-state index is 12.5. The summed E-state index contributed by atoms with van der Waals surface area (Å²) in [5, 5.41) is 5.76. The highest BCUT2D eigenvalue weighted by molar-refractivity contribution is 6.05. The molecule has 2 amide bonds. The fourth-order valence-electron chi connectivity index (χ4n) is 3.15. The number of nitrogens with zero attached hydrogens (tertiary/aromatic N) is 1. The van der Waals surface area contributed by atoms with Gasteiger partial charge in [0.05, 0.1) is 12.5 Å². The number of anilines is 2. The third-order valence-electron chi connectivity index (χ3n) is 4.69. The molecule has 2 aromatic carbocycles. The standard InChI is InChI=1S/C24H19N3O5/c1-14(28)26-23-11-16(9-10-25-23)24(30)27-17-5-3-15(4-6-17)22-13-20(29)19-12-18(31-2)7-8-21(19)32-22/h3-13H,1-2H3,(H,27,30)(H,25,26,28). The predicted octanol–water partition coefficient (Wildman–Crippen LogP) is 4.07. The lowest BCUT2D eigenvalue weighted by molar-refractivity contribution is -0.114. The van der Waals surface area contributed by atoms with Gasteiger partial charge < -0.3 is 19.8 Å². The zero-order chi connectivity index (χ0) is 22.7. The average molecular weight is 429 g/mol. The van der Waals surface area contributed by atoms with E-state index < -0.39 is 0 Å². The number of benzene rings is 2. The fraction of sp³-hybridized carbons (Fsp3) is 0.0833. The van der Waals surface area contributed by atoms with Gasteiger partial charge in [0.25, 0.3) is 5.91 Å². The topological polar surface area (TPSA) is 111 Å². The van der Waals surface area contributed by atoms with Crippen molar-refractivity contribution in [1.29, 1.82) is 0 Å². The van der Waals surface area contributed by atoms with Crippen LogP contribution in [-0.4, -0.2) is 23.9 Å². The molecule has 4 aromatic rings. The average Bonchev–Trinajstić information content (AvgIpc) is 2.79. The normalized spacial score (nSPS) is 10.6. The number of hydrogen-bond acceptors (Lipinski definition) is 6. The maximum atomic E-state index is 12.5. The summed E-state index contributed by atoms with van der Waals surface area (Å²) in [4.78, 5) is 40.2. The molecule has 0 atom stereocenters. The molecule has 32 heavy (non-hydrogen) atoms. The largest absolute Gasteiger partial charge is 0.497 e. The Kier molecular flexibility index (Phi) is 5.67. The fourth-order valence-corrected chi connectivity index (χ4v) is 3.15. The summed E-state index contributed by atoms with van der Waals surface area (Å²) < 4.78 is 11.0. The van der Waals surface area contributed by atoms with Gasteiger partial charge in [-0.05, 0) is 54.6 Å². The van der Waals surface area contributed by atoms with Gasteiger partial charge in [0, 0.05) is 36.0 Å². The Morgan fingerprint density at radius 2 is 1.75 bits per heavy atom. The van der Waals surface area contributed by atoms with Gasteiger partial charge in [-0.2, -0.15) is 0 Å². The van der Waals surface area contributed by atoms with Crippen LogP contribution in [0.5, 0.6) is 5.75 Å². The molecule has 0 aliphatic carbocycles. The van der Waals surface area contributed by atoms with E-state index in [1.54, 1.807) is 48.5 Å². The minimum Gasteiger partial charge on any atom is -0.497 e. The first kappa shape index (κ1) is 20.8. The summed E-state index contributed by atoms with van der Waals surface area (Å²) in [5.74, 6) is 0.670. The van der Waals surface area contributed by atoms with Crippen LogP contribution in [0.1, 0.15) is 17.3 Å². The van der Waals surface area contributed by atoms with Crippen LogP contribution < -0.4 is 20.8 Å². The summed E-state index contributed by atoms with van der Waals surface area (Å²) >= 11 is 0. The van der Waals surface area contributed by atoms with Crippen LogP contribution in [0.4, 0.5) is 11.5 Å². The van der Waals surface area contributed by atoms with Crippen LogP contribution in [0, 0.1) is 0 Å². The van der Waals surface area contributed by atoms with Crippen molar-refractivity contribution in [2.45, 2.75) is 6.92 Å². The quantitative estimate of drug-likeness (QED) is 0.495. The molecule has 0 bridgehead atoms. The molecular weight excluding hydrogens is 410 g/mol. The summed E-state index contributed by atoms with van der Waals surface area (Å²) in [6.45, 7) is 1.37. The smallest absolute Gasteiger partial charge is 0.255 e.